The molecule has 4 aliphatic rings. The number of ether oxygens (including phenoxy) is 4. The van der Waals surface area contributed by atoms with Crippen LogP contribution in [-0.4, -0.2) is 77.3 Å². The van der Waals surface area contributed by atoms with Crippen molar-refractivity contribution in [1.82, 2.24) is 0 Å². The zero-order valence-electron chi connectivity index (χ0n) is 31.9. The van der Waals surface area contributed by atoms with Crippen LogP contribution in [0.15, 0.2) is 0 Å². The summed E-state index contributed by atoms with van der Waals surface area (Å²) in [6.45, 7) is 10.8. The summed E-state index contributed by atoms with van der Waals surface area (Å²) in [6, 6.07) is 0. The van der Waals surface area contributed by atoms with Crippen molar-refractivity contribution in [3.8, 4) is 0 Å². The predicted molar refractivity (Wildman–Crippen MR) is 173 cm³/mol. The Labute approximate surface area is 305 Å². The van der Waals surface area contributed by atoms with Gasteiger partial charge in [0.15, 0.2) is 16.4 Å². The van der Waals surface area contributed by atoms with E-state index in [9.17, 15) is 41.0 Å². The topological polar surface area (TPSA) is 91.3 Å². The second-order valence-electron chi connectivity index (χ2n) is 18.5. The maximum Gasteiger partial charge on any atom is 0.416 e. The minimum atomic E-state index is -5.41. The highest BCUT2D eigenvalue weighted by Crippen LogP contribution is 2.62. The molecule has 2 saturated heterocycles. The van der Waals surface area contributed by atoms with E-state index < -0.39 is 126 Å². The molecule has 53 heavy (non-hydrogen) atoms. The largest absolute Gasteiger partial charge is 0.459 e. The minimum Gasteiger partial charge on any atom is -0.459 e. The van der Waals surface area contributed by atoms with Crippen LogP contribution in [0.5, 0.6) is 0 Å². The molecule has 16 heteroatoms. The van der Waals surface area contributed by atoms with Crippen molar-refractivity contribution in [3.05, 3.63) is 0 Å². The van der Waals surface area contributed by atoms with Crippen molar-refractivity contribution in [2.24, 2.45) is 46.3 Å². The molecule has 4 rings (SSSR count). The van der Waals surface area contributed by atoms with Crippen LogP contribution in [0.3, 0.4) is 0 Å². The zero-order chi connectivity index (χ0) is 40.5. The first-order chi connectivity index (χ1) is 23.7. The first kappa shape index (κ1) is 43.9. The second-order valence-corrected chi connectivity index (χ2v) is 18.5. The van der Waals surface area contributed by atoms with Crippen molar-refractivity contribution >= 4 is 11.9 Å². The van der Waals surface area contributed by atoms with Crippen LogP contribution in [0.4, 0.5) is 39.5 Å². The second kappa shape index (κ2) is 14.3. The quantitative estimate of drug-likeness (QED) is 0.184. The summed E-state index contributed by atoms with van der Waals surface area (Å²) in [7, 11) is 0. The normalized spacial score (nSPS) is 34.7. The molecule has 4 fully saturated rings. The van der Waals surface area contributed by atoms with E-state index in [1.807, 2.05) is 0 Å². The molecule has 0 aromatic heterocycles. The Morgan fingerprint density at radius 2 is 1.26 bits per heavy atom. The molecule has 0 spiro atoms. The molecule has 2 bridgehead atoms. The third-order valence-corrected chi connectivity index (χ3v) is 12.1. The fourth-order valence-electron chi connectivity index (χ4n) is 9.32. The zero-order valence-corrected chi connectivity index (χ0v) is 31.9. The third-order valence-electron chi connectivity index (χ3n) is 12.1. The molecular weight excluding hydrogens is 727 g/mol. The number of carbonyl (C=O) groups is 2. The summed E-state index contributed by atoms with van der Waals surface area (Å²) in [4.78, 5) is 27.4. The number of carbonyl (C=O) groups excluding carboxylic acids is 2. The molecule has 2 aliphatic heterocycles. The summed E-state index contributed by atoms with van der Waals surface area (Å²) < 4.78 is 156. The van der Waals surface area contributed by atoms with E-state index in [-0.39, 0.29) is 24.9 Å². The fourth-order valence-corrected chi connectivity index (χ4v) is 9.32. The average molecular weight is 783 g/mol. The molecule has 12 atom stereocenters. The summed E-state index contributed by atoms with van der Waals surface area (Å²) in [6.07, 6.45) is -21.6. The van der Waals surface area contributed by atoms with E-state index in [0.717, 1.165) is 0 Å². The highest BCUT2D eigenvalue weighted by Gasteiger charge is 2.71. The molecule has 2 heterocycles. The van der Waals surface area contributed by atoms with Crippen LogP contribution in [0.1, 0.15) is 114 Å². The van der Waals surface area contributed by atoms with E-state index >= 15 is 13.2 Å². The van der Waals surface area contributed by atoms with Gasteiger partial charge in [-0.2, -0.15) is 39.5 Å². The summed E-state index contributed by atoms with van der Waals surface area (Å²) >= 11 is 0. The highest BCUT2D eigenvalue weighted by molar-refractivity contribution is 5.80. The Bertz CT molecular complexity index is 1330. The minimum absolute atomic E-state index is 0.0344. The van der Waals surface area contributed by atoms with Gasteiger partial charge in [-0.15, -0.1) is 0 Å². The van der Waals surface area contributed by atoms with Gasteiger partial charge in [-0.1, -0.05) is 6.92 Å². The number of hydrogen-bond acceptors (Lipinski definition) is 7. The molecule has 2 aliphatic carbocycles. The van der Waals surface area contributed by atoms with Crippen LogP contribution in [-0.2, 0) is 28.5 Å². The van der Waals surface area contributed by atoms with Gasteiger partial charge in [-0.3, -0.25) is 9.59 Å². The average Bonchev–Trinajstić information content (AvgIpc) is 3.50. The lowest BCUT2D eigenvalue weighted by molar-refractivity contribution is -0.289. The Morgan fingerprint density at radius 3 is 1.77 bits per heavy atom. The van der Waals surface area contributed by atoms with Gasteiger partial charge in [-0.05, 0) is 136 Å². The van der Waals surface area contributed by atoms with E-state index in [1.54, 1.807) is 6.92 Å². The van der Waals surface area contributed by atoms with Crippen LogP contribution in [0.25, 0.3) is 0 Å². The number of alkyl halides is 9. The number of fused-ring (bicyclic) bond motifs is 5. The number of aliphatic hydroxyl groups is 1. The molecule has 12 unspecified atom stereocenters. The van der Waals surface area contributed by atoms with Crippen molar-refractivity contribution in [2.45, 2.75) is 167 Å². The van der Waals surface area contributed by atoms with E-state index in [2.05, 4.69) is 0 Å². The summed E-state index contributed by atoms with van der Waals surface area (Å²) in [5.41, 5.74) is -12.6. The number of rotatable bonds is 9. The van der Waals surface area contributed by atoms with E-state index in [4.69, 9.17) is 18.9 Å². The van der Waals surface area contributed by atoms with E-state index in [0.29, 0.717) is 33.1 Å². The van der Waals surface area contributed by atoms with E-state index in [1.165, 1.54) is 41.5 Å². The van der Waals surface area contributed by atoms with Gasteiger partial charge < -0.3 is 24.1 Å². The number of esters is 2. The Morgan fingerprint density at radius 1 is 0.698 bits per heavy atom. The van der Waals surface area contributed by atoms with Gasteiger partial charge >= 0.3 is 30.5 Å². The molecule has 0 amide bonds. The van der Waals surface area contributed by atoms with Crippen LogP contribution in [0, 0.1) is 46.3 Å². The number of halogens is 9. The molecule has 308 valence electrons. The molecule has 1 N–H and O–H groups in total. The van der Waals surface area contributed by atoms with Gasteiger partial charge in [-0.25, -0.2) is 0 Å². The Kier molecular flexibility index (Phi) is 11.8. The molecule has 0 aromatic carbocycles. The maximum atomic E-state index is 16.0. The molecule has 7 nitrogen and oxygen atoms in total. The monoisotopic (exact) mass is 782 g/mol. The standard InChI is InChI=1S/C37H55F9O7/c1-19-13-22-20-14-21(16-33(9,49)36(41,42)43)23(15-20)27(22)51-25(19)18-34(37(44,45)46,29(48)53-31(5,6)7)24-11-10-12-50-26(24)17-32(8,35(38,39)40)28(47)52-30(2,3)4/h19-27,49H,10-18H2,1-9H3. The van der Waals surface area contributed by atoms with Crippen molar-refractivity contribution in [1.29, 1.82) is 0 Å². The lowest BCUT2D eigenvalue weighted by Gasteiger charge is -2.51. The van der Waals surface area contributed by atoms with Crippen LogP contribution < -0.4 is 0 Å². The predicted octanol–water partition coefficient (Wildman–Crippen LogP) is 9.13. The SMILES string of the molecule is CC1CC2C3CC(CC(C)(O)C(F)(F)F)C(C3)C2OC1CC(C(=O)OC(C)(C)C)(C1CCCOC1CC(C)(C(=O)OC(C)(C)C)C(F)(F)F)C(F)(F)F. The summed E-state index contributed by atoms with van der Waals surface area (Å²) in [5, 5.41) is 10.3. The highest BCUT2D eigenvalue weighted by atomic mass is 19.4. The smallest absolute Gasteiger partial charge is 0.416 e. The van der Waals surface area contributed by atoms with Crippen LogP contribution in [0.2, 0.25) is 0 Å². The van der Waals surface area contributed by atoms with Gasteiger partial charge in [0.2, 0.25) is 0 Å². The number of hydrogen-bond donors (Lipinski definition) is 1. The van der Waals surface area contributed by atoms with Crippen molar-refractivity contribution < 1.29 is 73.2 Å². The lowest BCUT2D eigenvalue weighted by atomic mass is 9.62. The van der Waals surface area contributed by atoms with Gasteiger partial charge in [0.1, 0.15) is 11.2 Å². The van der Waals surface area contributed by atoms with Gasteiger partial charge in [0.25, 0.3) is 0 Å². The van der Waals surface area contributed by atoms with Crippen LogP contribution >= 0.6 is 0 Å². The molecule has 2 saturated carbocycles. The first-order valence-corrected chi connectivity index (χ1v) is 18.4. The third kappa shape index (κ3) is 8.78. The first-order valence-electron chi connectivity index (χ1n) is 18.4. The van der Waals surface area contributed by atoms with Gasteiger partial charge in [0.05, 0.1) is 18.3 Å². The fraction of sp³-hybridized carbons (Fsp3) is 0.946. The Balaban J connectivity index is 1.76. The lowest BCUT2D eigenvalue weighted by Crippen LogP contribution is -2.61. The Hall–Kier alpha value is -1.81. The maximum absolute atomic E-state index is 16.0. The molecule has 0 aromatic rings. The van der Waals surface area contributed by atoms with Crippen molar-refractivity contribution in [3.63, 3.8) is 0 Å². The van der Waals surface area contributed by atoms with Gasteiger partial charge in [0, 0.05) is 12.5 Å². The van der Waals surface area contributed by atoms with Crippen molar-refractivity contribution in [2.75, 3.05) is 6.61 Å². The molecule has 0 radical (unpaired) electrons. The molecular formula is C37H55F9O7. The summed E-state index contributed by atoms with van der Waals surface area (Å²) in [5.74, 6) is -7.27.